The number of pyridine rings is 1. The van der Waals surface area contributed by atoms with Crippen LogP contribution in [0.1, 0.15) is 26.5 Å². The topological polar surface area (TPSA) is 135 Å². The van der Waals surface area contributed by atoms with Crippen LogP contribution in [0.5, 0.6) is 0 Å². The van der Waals surface area contributed by atoms with Crippen LogP contribution < -0.4 is 10.0 Å². The number of aryl methyl sites for hydroxylation is 1. The van der Waals surface area contributed by atoms with Gasteiger partial charge in [0.15, 0.2) is 5.69 Å². The van der Waals surface area contributed by atoms with Crippen LogP contribution >= 0.6 is 11.3 Å². The molecule has 0 aliphatic rings. The zero-order valence-corrected chi connectivity index (χ0v) is 17.2. The van der Waals surface area contributed by atoms with Gasteiger partial charge < -0.3 is 9.84 Å². The molecule has 0 aromatic carbocycles. The van der Waals surface area contributed by atoms with Crippen LogP contribution in [0.2, 0.25) is 0 Å². The van der Waals surface area contributed by atoms with Crippen LogP contribution in [0.25, 0.3) is 0 Å². The summed E-state index contributed by atoms with van der Waals surface area (Å²) in [4.78, 5) is 27.7. The molecule has 0 radical (unpaired) electrons. The number of nitrogens with zero attached hydrogens (tertiary/aromatic N) is 1. The lowest BCUT2D eigenvalue weighted by Crippen LogP contribution is -2.34. The number of esters is 1. The van der Waals surface area contributed by atoms with Crippen molar-refractivity contribution < 1.29 is 41.0 Å². The number of hydrogen-bond donors (Lipinski definition) is 3. The minimum atomic E-state index is -4.86. The van der Waals surface area contributed by atoms with Gasteiger partial charge in [0.05, 0.1) is 12.7 Å². The van der Waals surface area contributed by atoms with Gasteiger partial charge in [0, 0.05) is 17.9 Å². The molecular formula is C16H16F3N3O6S2. The number of carbonyl (C=O) groups excluding carboxylic acids is 2. The van der Waals surface area contributed by atoms with Gasteiger partial charge in [-0.3, -0.25) is 5.32 Å². The second kappa shape index (κ2) is 8.97. The second-order valence-corrected chi connectivity index (χ2v) is 8.87. The minimum Gasteiger partial charge on any atom is -0.464 e. The second-order valence-electron chi connectivity index (χ2n) is 5.82. The molecule has 0 saturated heterocycles. The molecule has 2 aromatic rings. The number of rotatable bonds is 6. The maximum Gasteiger partial charge on any atom is 0.416 e. The van der Waals surface area contributed by atoms with Crippen molar-refractivity contribution in [3.05, 3.63) is 39.9 Å². The van der Waals surface area contributed by atoms with Crippen LogP contribution in [-0.4, -0.2) is 44.2 Å². The van der Waals surface area contributed by atoms with E-state index in [9.17, 15) is 31.2 Å². The predicted octanol–water partition coefficient (Wildman–Crippen LogP) is 2.30. The molecule has 2 rings (SSSR count). The number of alkyl halides is 3. The molecular weight excluding hydrogens is 451 g/mol. The Labute approximate surface area is 172 Å². The third-order valence-corrected chi connectivity index (χ3v) is 6.72. The number of amides is 2. The quantitative estimate of drug-likeness (QED) is 0.555. The number of hydrogen-bond acceptors (Lipinski definition) is 8. The Morgan fingerprint density at radius 1 is 1.27 bits per heavy atom. The van der Waals surface area contributed by atoms with Crippen LogP contribution in [0.3, 0.4) is 0 Å². The van der Waals surface area contributed by atoms with Gasteiger partial charge in [-0.1, -0.05) is 0 Å². The molecule has 9 nitrogen and oxygen atoms in total. The maximum absolute atomic E-state index is 13.0. The fraction of sp³-hybridized carbons (Fsp3) is 0.312. The van der Waals surface area contributed by atoms with Crippen molar-refractivity contribution in [2.75, 3.05) is 19.0 Å². The molecule has 0 unspecified atom stereocenters. The molecule has 30 heavy (non-hydrogen) atoms. The Morgan fingerprint density at radius 2 is 1.93 bits per heavy atom. The molecule has 0 aliphatic heterocycles. The first-order valence-electron chi connectivity index (χ1n) is 8.09. The summed E-state index contributed by atoms with van der Waals surface area (Å²) in [5.41, 5.74) is -1.43. The number of aliphatic hydroxyl groups is 1. The van der Waals surface area contributed by atoms with Gasteiger partial charge in [0.25, 0.3) is 10.0 Å². The summed E-state index contributed by atoms with van der Waals surface area (Å²) < 4.78 is 69.6. The van der Waals surface area contributed by atoms with Crippen molar-refractivity contribution in [3.8, 4) is 0 Å². The van der Waals surface area contributed by atoms with Gasteiger partial charge in [-0.15, -0.1) is 11.3 Å². The first-order valence-corrected chi connectivity index (χ1v) is 10.4. The van der Waals surface area contributed by atoms with Crippen LogP contribution in [0.15, 0.2) is 22.4 Å². The number of aromatic nitrogens is 1. The molecule has 2 aromatic heterocycles. The normalized spacial score (nSPS) is 11.8. The fourth-order valence-electron chi connectivity index (χ4n) is 2.25. The Bertz CT molecular complexity index is 1070. The summed E-state index contributed by atoms with van der Waals surface area (Å²) in [6.07, 6.45) is -4.63. The molecule has 0 saturated carbocycles. The van der Waals surface area contributed by atoms with E-state index in [1.165, 1.54) is 6.07 Å². The van der Waals surface area contributed by atoms with E-state index in [0.717, 1.165) is 18.4 Å². The van der Waals surface area contributed by atoms with Gasteiger partial charge in [0.2, 0.25) is 0 Å². The molecule has 0 spiro atoms. The number of anilines is 1. The van der Waals surface area contributed by atoms with Gasteiger partial charge in [-0.2, -0.15) is 13.2 Å². The van der Waals surface area contributed by atoms with Crippen LogP contribution in [0, 0.1) is 6.92 Å². The molecule has 14 heteroatoms. The molecule has 164 valence electrons. The number of thiophene rings is 1. The van der Waals surface area contributed by atoms with E-state index in [-0.39, 0.29) is 17.2 Å². The highest BCUT2D eigenvalue weighted by Gasteiger charge is 2.33. The molecule has 3 N–H and O–H groups in total. The van der Waals surface area contributed by atoms with E-state index in [0.29, 0.717) is 22.6 Å². The van der Waals surface area contributed by atoms with Crippen molar-refractivity contribution >= 4 is 39.2 Å². The first kappa shape index (κ1) is 23.6. The lowest BCUT2D eigenvalue weighted by atomic mass is 10.2. The number of nitrogens with one attached hydrogen (secondary N) is 2. The molecule has 0 bridgehead atoms. The number of carbonyl (C=O) groups is 2. The van der Waals surface area contributed by atoms with Gasteiger partial charge >= 0.3 is 18.2 Å². The highest BCUT2D eigenvalue weighted by Crippen LogP contribution is 2.31. The molecule has 0 aliphatic carbocycles. The summed E-state index contributed by atoms with van der Waals surface area (Å²) in [5.74, 6) is -1.89. The first-order chi connectivity index (χ1) is 13.9. The van der Waals surface area contributed by atoms with Gasteiger partial charge in [-0.25, -0.2) is 27.7 Å². The van der Waals surface area contributed by atoms with Gasteiger partial charge in [-0.05, 0) is 30.7 Å². The van der Waals surface area contributed by atoms with Crippen molar-refractivity contribution in [2.24, 2.45) is 0 Å². The number of sulfonamides is 1. The minimum absolute atomic E-state index is 0.196. The lowest BCUT2D eigenvalue weighted by Gasteiger charge is -2.12. The van der Waals surface area contributed by atoms with E-state index in [1.54, 1.807) is 11.6 Å². The number of methoxy groups -OCH3 is 1. The highest BCUT2D eigenvalue weighted by molar-refractivity contribution is 7.92. The summed E-state index contributed by atoms with van der Waals surface area (Å²) in [6, 6.07) is 0.784. The van der Waals surface area contributed by atoms with Crippen molar-refractivity contribution in [3.63, 3.8) is 0 Å². The third kappa shape index (κ3) is 5.67. The van der Waals surface area contributed by atoms with E-state index < -0.39 is 45.3 Å². The monoisotopic (exact) mass is 467 g/mol. The summed E-state index contributed by atoms with van der Waals surface area (Å²) in [5, 5.41) is 10.8. The Morgan fingerprint density at radius 3 is 2.50 bits per heavy atom. The number of aliphatic hydroxyl groups excluding tert-OH is 1. The van der Waals surface area contributed by atoms with E-state index in [4.69, 9.17) is 5.11 Å². The van der Waals surface area contributed by atoms with Crippen LogP contribution in [0.4, 0.5) is 23.8 Å². The Hall–Kier alpha value is -2.71. The summed E-state index contributed by atoms with van der Waals surface area (Å²) in [6.45, 7) is 1.43. The van der Waals surface area contributed by atoms with Crippen LogP contribution in [-0.2, 0) is 27.4 Å². The number of halogens is 3. The molecule has 2 amide bonds. The average Bonchev–Trinajstić information content (AvgIpc) is 3.01. The average molecular weight is 467 g/mol. The van der Waals surface area contributed by atoms with Crippen molar-refractivity contribution in [1.82, 2.24) is 9.71 Å². The molecule has 0 fully saturated rings. The fourth-order valence-corrected chi connectivity index (χ4v) is 4.74. The van der Waals surface area contributed by atoms with E-state index >= 15 is 0 Å². The van der Waals surface area contributed by atoms with E-state index in [1.807, 2.05) is 5.32 Å². The summed E-state index contributed by atoms with van der Waals surface area (Å²) >= 11 is 0.838. The molecule has 2 heterocycles. The third-order valence-electron chi connectivity index (χ3n) is 3.62. The van der Waals surface area contributed by atoms with E-state index in [2.05, 4.69) is 9.72 Å². The number of ether oxygens (including phenoxy) is 1. The largest absolute Gasteiger partial charge is 0.464 e. The zero-order valence-electron chi connectivity index (χ0n) is 15.5. The SMILES string of the molecule is COC(=O)c1cc(C(F)(F)F)cc(NC(=O)NS(=O)(=O)c2cc(C)c(CCO)s2)n1. The number of urea groups is 1. The predicted molar refractivity (Wildman–Crippen MR) is 99.8 cm³/mol. The van der Waals surface area contributed by atoms with Crippen molar-refractivity contribution in [2.45, 2.75) is 23.7 Å². The van der Waals surface area contributed by atoms with Crippen molar-refractivity contribution in [1.29, 1.82) is 0 Å². The van der Waals surface area contributed by atoms with Gasteiger partial charge in [0.1, 0.15) is 10.0 Å². The Balaban J connectivity index is 2.26. The molecule has 0 atom stereocenters. The highest BCUT2D eigenvalue weighted by atomic mass is 32.2. The standard InChI is InChI=1S/C16H16F3N3O6S2/c1-8-5-13(29-11(8)3-4-23)30(26,27)22-15(25)21-12-7-9(16(17,18)19)6-10(20-12)14(24)28-2/h5-7,23H,3-4H2,1-2H3,(H2,20,21,22,25). The zero-order chi connectivity index (χ0) is 22.7. The Kier molecular flexibility index (Phi) is 7.05. The lowest BCUT2D eigenvalue weighted by molar-refractivity contribution is -0.137. The maximum atomic E-state index is 13.0. The summed E-state index contributed by atoms with van der Waals surface area (Å²) in [7, 11) is -3.40. The smallest absolute Gasteiger partial charge is 0.416 e.